The summed E-state index contributed by atoms with van der Waals surface area (Å²) in [5, 5.41) is 11.7. The van der Waals surface area contributed by atoms with Crippen molar-refractivity contribution in [1.82, 2.24) is 9.97 Å². The van der Waals surface area contributed by atoms with Crippen LogP contribution in [0.3, 0.4) is 0 Å². The van der Waals surface area contributed by atoms with Crippen molar-refractivity contribution in [1.29, 1.82) is 0 Å². The van der Waals surface area contributed by atoms with Crippen LogP contribution in [0.2, 0.25) is 0 Å². The monoisotopic (exact) mass is 307 g/mol. The number of hydrogen-bond donors (Lipinski definition) is 2. The second-order valence-corrected chi connectivity index (χ2v) is 4.53. The molecule has 0 radical (unpaired) electrons. The van der Waals surface area contributed by atoms with Gasteiger partial charge in [0.1, 0.15) is 0 Å². The number of aliphatic carboxylic acids is 1. The van der Waals surface area contributed by atoms with Crippen molar-refractivity contribution in [3.05, 3.63) is 46.7 Å². The molecule has 2 rings (SSSR count). The lowest BCUT2D eigenvalue weighted by Crippen LogP contribution is -2.00. The SMILES string of the molecule is O=C(O)Cc1ccc(Nc2ncc(Br)cn2)cc1. The fraction of sp³-hybridized carbons (Fsp3) is 0.0833. The van der Waals surface area contributed by atoms with Crippen LogP contribution < -0.4 is 5.32 Å². The first-order valence-corrected chi connectivity index (χ1v) is 5.98. The summed E-state index contributed by atoms with van der Waals surface area (Å²) in [5.74, 6) is -0.351. The predicted octanol–water partition coefficient (Wildman–Crippen LogP) is 2.61. The van der Waals surface area contributed by atoms with E-state index in [1.165, 1.54) is 0 Å². The van der Waals surface area contributed by atoms with Crippen molar-refractivity contribution >= 4 is 33.5 Å². The van der Waals surface area contributed by atoms with Gasteiger partial charge in [-0.15, -0.1) is 0 Å². The Labute approximate surface area is 112 Å². The molecule has 0 aliphatic heterocycles. The molecule has 1 heterocycles. The molecule has 0 amide bonds. The van der Waals surface area contributed by atoms with Crippen molar-refractivity contribution in [2.45, 2.75) is 6.42 Å². The van der Waals surface area contributed by atoms with E-state index in [0.717, 1.165) is 15.7 Å². The fourth-order valence-corrected chi connectivity index (χ4v) is 1.59. The van der Waals surface area contributed by atoms with E-state index in [0.29, 0.717) is 5.95 Å². The van der Waals surface area contributed by atoms with Crippen LogP contribution >= 0.6 is 15.9 Å². The lowest BCUT2D eigenvalue weighted by atomic mass is 10.1. The molecule has 2 aromatic rings. The zero-order chi connectivity index (χ0) is 13.0. The number of nitrogens with zero attached hydrogens (tertiary/aromatic N) is 2. The van der Waals surface area contributed by atoms with Crippen molar-refractivity contribution < 1.29 is 9.90 Å². The molecule has 18 heavy (non-hydrogen) atoms. The van der Waals surface area contributed by atoms with Crippen LogP contribution in [0.15, 0.2) is 41.1 Å². The van der Waals surface area contributed by atoms with Gasteiger partial charge in [-0.3, -0.25) is 4.79 Å². The minimum Gasteiger partial charge on any atom is -0.481 e. The Morgan fingerprint density at radius 1 is 1.22 bits per heavy atom. The van der Waals surface area contributed by atoms with Crippen molar-refractivity contribution in [2.24, 2.45) is 0 Å². The van der Waals surface area contributed by atoms with Gasteiger partial charge in [0.25, 0.3) is 0 Å². The van der Waals surface area contributed by atoms with Crippen molar-refractivity contribution in [3.8, 4) is 0 Å². The summed E-state index contributed by atoms with van der Waals surface area (Å²) in [6.07, 6.45) is 3.32. The Morgan fingerprint density at radius 2 is 1.83 bits per heavy atom. The highest BCUT2D eigenvalue weighted by Gasteiger charge is 2.01. The highest BCUT2D eigenvalue weighted by Crippen LogP contribution is 2.15. The first kappa shape index (κ1) is 12.5. The molecule has 0 unspecified atom stereocenters. The summed E-state index contributed by atoms with van der Waals surface area (Å²) in [5.41, 5.74) is 1.57. The Hall–Kier alpha value is -1.95. The third kappa shape index (κ3) is 3.53. The van der Waals surface area contributed by atoms with E-state index >= 15 is 0 Å². The van der Waals surface area contributed by atoms with E-state index in [4.69, 9.17) is 5.11 Å². The van der Waals surface area contributed by atoms with Crippen LogP contribution in [-0.4, -0.2) is 21.0 Å². The molecule has 5 nitrogen and oxygen atoms in total. The Morgan fingerprint density at radius 3 is 2.39 bits per heavy atom. The van der Waals surface area contributed by atoms with E-state index in [-0.39, 0.29) is 6.42 Å². The number of carboxylic acids is 1. The Kier molecular flexibility index (Phi) is 3.88. The molecule has 0 saturated heterocycles. The third-order valence-corrected chi connectivity index (χ3v) is 2.60. The number of carbonyl (C=O) groups is 1. The van der Waals surface area contributed by atoms with Crippen LogP contribution in [0.5, 0.6) is 0 Å². The van der Waals surface area contributed by atoms with E-state index < -0.39 is 5.97 Å². The van der Waals surface area contributed by atoms with Gasteiger partial charge < -0.3 is 10.4 Å². The van der Waals surface area contributed by atoms with Gasteiger partial charge >= 0.3 is 5.97 Å². The smallest absolute Gasteiger partial charge is 0.307 e. The lowest BCUT2D eigenvalue weighted by Gasteiger charge is -2.05. The molecule has 0 atom stereocenters. The summed E-state index contributed by atoms with van der Waals surface area (Å²) < 4.78 is 0.810. The number of aromatic nitrogens is 2. The maximum Gasteiger partial charge on any atom is 0.307 e. The number of carboxylic acid groups (broad SMARTS) is 1. The van der Waals surface area contributed by atoms with Crippen LogP contribution in [0, 0.1) is 0 Å². The molecule has 0 aliphatic rings. The fourth-order valence-electron chi connectivity index (χ4n) is 1.39. The average Bonchev–Trinajstić information content (AvgIpc) is 2.34. The summed E-state index contributed by atoms with van der Waals surface area (Å²) in [6.45, 7) is 0. The van der Waals surface area contributed by atoms with Gasteiger partial charge in [0.2, 0.25) is 5.95 Å². The van der Waals surface area contributed by atoms with Gasteiger partial charge in [-0.25, -0.2) is 9.97 Å². The summed E-state index contributed by atoms with van der Waals surface area (Å²) in [7, 11) is 0. The zero-order valence-electron chi connectivity index (χ0n) is 9.30. The van der Waals surface area contributed by atoms with E-state index in [1.807, 2.05) is 0 Å². The van der Waals surface area contributed by atoms with Crippen LogP contribution in [0.4, 0.5) is 11.6 Å². The number of nitrogens with one attached hydrogen (secondary N) is 1. The summed E-state index contributed by atoms with van der Waals surface area (Å²) >= 11 is 3.25. The minimum absolute atomic E-state index is 0.0229. The molecule has 0 spiro atoms. The maximum atomic E-state index is 10.5. The number of halogens is 1. The van der Waals surface area contributed by atoms with Crippen LogP contribution in [0.1, 0.15) is 5.56 Å². The number of anilines is 2. The average molecular weight is 308 g/mol. The number of benzene rings is 1. The quantitative estimate of drug-likeness (QED) is 0.908. The zero-order valence-corrected chi connectivity index (χ0v) is 10.9. The van der Waals surface area contributed by atoms with Gasteiger partial charge in [0.15, 0.2) is 0 Å². The second kappa shape index (κ2) is 5.59. The molecular weight excluding hydrogens is 298 g/mol. The van der Waals surface area contributed by atoms with Crippen molar-refractivity contribution in [2.75, 3.05) is 5.32 Å². The molecule has 92 valence electrons. The minimum atomic E-state index is -0.841. The molecule has 6 heteroatoms. The van der Waals surface area contributed by atoms with Crippen molar-refractivity contribution in [3.63, 3.8) is 0 Å². The van der Waals surface area contributed by atoms with Gasteiger partial charge in [-0.05, 0) is 33.6 Å². The molecule has 0 saturated carbocycles. The third-order valence-electron chi connectivity index (χ3n) is 2.19. The lowest BCUT2D eigenvalue weighted by molar-refractivity contribution is -0.136. The molecule has 0 bridgehead atoms. The topological polar surface area (TPSA) is 75.1 Å². The molecule has 0 fully saturated rings. The normalized spacial score (nSPS) is 10.1. The largest absolute Gasteiger partial charge is 0.481 e. The van der Waals surface area contributed by atoms with Gasteiger partial charge in [-0.2, -0.15) is 0 Å². The van der Waals surface area contributed by atoms with Gasteiger partial charge in [0.05, 0.1) is 10.9 Å². The highest BCUT2D eigenvalue weighted by molar-refractivity contribution is 9.10. The summed E-state index contributed by atoms with van der Waals surface area (Å²) in [4.78, 5) is 18.7. The van der Waals surface area contributed by atoms with E-state index in [9.17, 15) is 4.79 Å². The molecule has 2 N–H and O–H groups in total. The Bertz CT molecular complexity index is 540. The molecule has 1 aromatic heterocycles. The Balaban J connectivity index is 2.06. The predicted molar refractivity (Wildman–Crippen MR) is 70.8 cm³/mol. The van der Waals surface area contributed by atoms with E-state index in [1.54, 1.807) is 36.7 Å². The second-order valence-electron chi connectivity index (χ2n) is 3.62. The first-order valence-electron chi connectivity index (χ1n) is 5.19. The van der Waals surface area contributed by atoms with Gasteiger partial charge in [-0.1, -0.05) is 12.1 Å². The van der Waals surface area contributed by atoms with Gasteiger partial charge in [0, 0.05) is 18.1 Å². The number of rotatable bonds is 4. The summed E-state index contributed by atoms with van der Waals surface area (Å²) in [6, 6.07) is 7.11. The number of hydrogen-bond acceptors (Lipinski definition) is 4. The van der Waals surface area contributed by atoms with Crippen LogP contribution in [-0.2, 0) is 11.2 Å². The molecular formula is C12H10BrN3O2. The maximum absolute atomic E-state index is 10.5. The molecule has 1 aromatic carbocycles. The first-order chi connectivity index (χ1) is 8.63. The highest BCUT2D eigenvalue weighted by atomic mass is 79.9. The standard InChI is InChI=1S/C12H10BrN3O2/c13-9-6-14-12(15-7-9)16-10-3-1-8(2-4-10)5-11(17)18/h1-4,6-7H,5H2,(H,17,18)(H,14,15,16). The molecule has 0 aliphatic carbocycles. The van der Waals surface area contributed by atoms with E-state index in [2.05, 4.69) is 31.2 Å². The van der Waals surface area contributed by atoms with Crippen LogP contribution in [0.25, 0.3) is 0 Å².